The van der Waals surface area contributed by atoms with Crippen molar-refractivity contribution >= 4 is 29.3 Å². The molecule has 1 N–H and O–H groups in total. The predicted molar refractivity (Wildman–Crippen MR) is 104 cm³/mol. The second kappa shape index (κ2) is 9.25. The summed E-state index contributed by atoms with van der Waals surface area (Å²) in [6, 6.07) is 1.95. The maximum Gasteiger partial charge on any atom is 0.431 e. The Morgan fingerprint density at radius 3 is 2.43 bits per heavy atom. The Hall–Kier alpha value is -2.27. The van der Waals surface area contributed by atoms with Gasteiger partial charge in [0, 0.05) is 18.0 Å². The molecular formula is C18H17ClF4N2O4S. The topological polar surface area (TPSA) is 81.3 Å². The van der Waals surface area contributed by atoms with Crippen LogP contribution >= 0.6 is 23.4 Å². The van der Waals surface area contributed by atoms with Crippen LogP contribution in [0.25, 0.3) is 5.69 Å². The molecule has 2 aromatic rings. The summed E-state index contributed by atoms with van der Waals surface area (Å²) >= 11 is 6.80. The molecule has 1 heterocycles. The van der Waals surface area contributed by atoms with Crippen molar-refractivity contribution in [2.75, 3.05) is 0 Å². The van der Waals surface area contributed by atoms with E-state index in [0.29, 0.717) is 12.8 Å². The maximum atomic E-state index is 14.5. The number of carboxylic acid groups (broad SMARTS) is 1. The van der Waals surface area contributed by atoms with Crippen molar-refractivity contribution in [1.82, 2.24) is 9.13 Å². The number of unbranched alkanes of at least 4 members (excludes halogenated alkanes) is 1. The fraction of sp³-hybridized carbons (Fsp3) is 0.389. The van der Waals surface area contributed by atoms with E-state index in [0.717, 1.165) is 37.4 Å². The summed E-state index contributed by atoms with van der Waals surface area (Å²) in [7, 11) is 0.801. The summed E-state index contributed by atoms with van der Waals surface area (Å²) in [5.74, 6) is -2.25. The first-order valence-electron chi connectivity index (χ1n) is 8.67. The third-order valence-electron chi connectivity index (χ3n) is 4.22. The number of carboxylic acids is 1. The monoisotopic (exact) mass is 468 g/mol. The van der Waals surface area contributed by atoms with E-state index < -0.39 is 45.8 Å². The SMILES string of the molecule is CCCCC(Sc1cc(-n2c(=O)cc(C(F)(F)F)n(C)c2=O)c(F)cc1Cl)C(=O)O. The van der Waals surface area contributed by atoms with Gasteiger partial charge in [0.1, 0.15) is 16.8 Å². The molecule has 0 aliphatic rings. The van der Waals surface area contributed by atoms with E-state index in [1.165, 1.54) is 0 Å². The highest BCUT2D eigenvalue weighted by atomic mass is 35.5. The number of halogens is 5. The molecule has 0 aliphatic heterocycles. The molecule has 0 bridgehead atoms. The van der Waals surface area contributed by atoms with Gasteiger partial charge in [-0.05, 0) is 18.6 Å². The van der Waals surface area contributed by atoms with Crippen LogP contribution < -0.4 is 11.2 Å². The quantitative estimate of drug-likeness (QED) is 0.489. The molecule has 0 amide bonds. The van der Waals surface area contributed by atoms with Gasteiger partial charge in [-0.2, -0.15) is 13.2 Å². The van der Waals surface area contributed by atoms with Gasteiger partial charge in [0.2, 0.25) is 0 Å². The number of hydrogen-bond acceptors (Lipinski definition) is 4. The van der Waals surface area contributed by atoms with Crippen LogP contribution in [0.5, 0.6) is 0 Å². The molecule has 1 aromatic heterocycles. The largest absolute Gasteiger partial charge is 0.480 e. The molecule has 0 spiro atoms. The molecule has 1 unspecified atom stereocenters. The maximum absolute atomic E-state index is 14.5. The zero-order valence-corrected chi connectivity index (χ0v) is 17.4. The van der Waals surface area contributed by atoms with Crippen LogP contribution in [0.4, 0.5) is 17.6 Å². The number of thioether (sulfide) groups is 1. The van der Waals surface area contributed by atoms with E-state index in [2.05, 4.69) is 0 Å². The van der Waals surface area contributed by atoms with Gasteiger partial charge in [0.15, 0.2) is 0 Å². The molecular weight excluding hydrogens is 452 g/mol. The fourth-order valence-electron chi connectivity index (χ4n) is 2.68. The van der Waals surface area contributed by atoms with Crippen molar-refractivity contribution in [1.29, 1.82) is 0 Å². The van der Waals surface area contributed by atoms with Gasteiger partial charge in [-0.15, -0.1) is 11.8 Å². The smallest absolute Gasteiger partial charge is 0.431 e. The van der Waals surface area contributed by atoms with Crippen molar-refractivity contribution in [3.05, 3.63) is 55.6 Å². The standard InChI is InChI=1S/C18H17ClF4N2O4S/c1-3-4-5-12(16(27)28)30-13-7-11(10(20)6-9(13)19)25-15(26)8-14(18(21,22)23)24(2)17(25)29/h6-8,12H,3-5H2,1-2H3,(H,27,28). The fourth-order valence-corrected chi connectivity index (χ4v) is 4.00. The lowest BCUT2D eigenvalue weighted by Gasteiger charge is -2.16. The molecule has 1 aromatic carbocycles. The van der Waals surface area contributed by atoms with Crippen molar-refractivity contribution in [3.8, 4) is 5.69 Å². The van der Waals surface area contributed by atoms with Crippen LogP contribution in [0, 0.1) is 5.82 Å². The molecule has 2 rings (SSSR count). The Morgan fingerprint density at radius 2 is 1.90 bits per heavy atom. The summed E-state index contributed by atoms with van der Waals surface area (Å²) in [5.41, 5.74) is -4.90. The van der Waals surface area contributed by atoms with Gasteiger partial charge in [-0.25, -0.2) is 13.8 Å². The highest BCUT2D eigenvalue weighted by Crippen LogP contribution is 2.35. The van der Waals surface area contributed by atoms with Crippen molar-refractivity contribution in [2.45, 2.75) is 42.5 Å². The Morgan fingerprint density at radius 1 is 1.27 bits per heavy atom. The number of aromatic nitrogens is 2. The van der Waals surface area contributed by atoms with Gasteiger partial charge in [-0.1, -0.05) is 31.4 Å². The third kappa shape index (κ3) is 5.07. The molecule has 12 heteroatoms. The lowest BCUT2D eigenvalue weighted by molar-refractivity contribution is -0.144. The van der Waals surface area contributed by atoms with E-state index >= 15 is 0 Å². The average Bonchev–Trinajstić information content (AvgIpc) is 2.63. The highest BCUT2D eigenvalue weighted by molar-refractivity contribution is 8.00. The van der Waals surface area contributed by atoms with Crippen molar-refractivity contribution in [3.63, 3.8) is 0 Å². The molecule has 0 saturated heterocycles. The summed E-state index contributed by atoms with van der Waals surface area (Å²) in [6.45, 7) is 1.87. The Kier molecular flexibility index (Phi) is 7.40. The van der Waals surface area contributed by atoms with E-state index in [1.54, 1.807) is 0 Å². The van der Waals surface area contributed by atoms with Crippen molar-refractivity contribution in [2.24, 2.45) is 7.05 Å². The second-order valence-corrected chi connectivity index (χ2v) is 8.02. The van der Waals surface area contributed by atoms with Crippen molar-refractivity contribution < 1.29 is 27.5 Å². The molecule has 0 radical (unpaired) electrons. The predicted octanol–water partition coefficient (Wildman–Crippen LogP) is 4.08. The number of carbonyl (C=O) groups is 1. The minimum Gasteiger partial charge on any atom is -0.480 e. The summed E-state index contributed by atoms with van der Waals surface area (Å²) < 4.78 is 53.9. The molecule has 0 aliphatic carbocycles. The van der Waals surface area contributed by atoms with Gasteiger partial charge in [-0.3, -0.25) is 14.2 Å². The first-order chi connectivity index (χ1) is 13.9. The van der Waals surface area contributed by atoms with E-state index in [4.69, 9.17) is 11.6 Å². The first-order valence-corrected chi connectivity index (χ1v) is 9.93. The minimum atomic E-state index is -4.96. The molecule has 0 saturated carbocycles. The van der Waals surface area contributed by atoms with E-state index in [-0.39, 0.29) is 25.1 Å². The van der Waals surface area contributed by atoms with Crippen LogP contribution in [-0.2, 0) is 18.0 Å². The molecule has 30 heavy (non-hydrogen) atoms. The van der Waals surface area contributed by atoms with Gasteiger partial charge in [0.05, 0.1) is 10.7 Å². The Balaban J connectivity index is 2.63. The summed E-state index contributed by atoms with van der Waals surface area (Å²) in [4.78, 5) is 36.2. The van der Waals surface area contributed by atoms with Crippen LogP contribution in [0.1, 0.15) is 31.9 Å². The molecule has 164 valence electrons. The number of aliphatic carboxylic acids is 1. The normalized spacial score (nSPS) is 12.8. The number of rotatable bonds is 7. The van der Waals surface area contributed by atoms with Gasteiger partial charge in [0.25, 0.3) is 5.56 Å². The zero-order valence-electron chi connectivity index (χ0n) is 15.8. The van der Waals surface area contributed by atoms with Crippen LogP contribution in [0.3, 0.4) is 0 Å². The second-order valence-electron chi connectivity index (χ2n) is 6.36. The number of benzene rings is 1. The highest BCUT2D eigenvalue weighted by Gasteiger charge is 2.35. The third-order valence-corrected chi connectivity index (χ3v) is 5.96. The zero-order chi connectivity index (χ0) is 22.8. The first kappa shape index (κ1) is 24.0. The number of alkyl halides is 3. The van der Waals surface area contributed by atoms with E-state index in [1.807, 2.05) is 6.92 Å². The Labute approximate surface area is 177 Å². The lowest BCUT2D eigenvalue weighted by atomic mass is 10.2. The lowest BCUT2D eigenvalue weighted by Crippen LogP contribution is -2.41. The van der Waals surface area contributed by atoms with Crippen LogP contribution in [0.2, 0.25) is 5.02 Å². The number of hydrogen-bond donors (Lipinski definition) is 1. The molecule has 6 nitrogen and oxygen atoms in total. The van der Waals surface area contributed by atoms with Crippen LogP contribution in [0.15, 0.2) is 32.7 Å². The molecule has 0 fully saturated rings. The van der Waals surface area contributed by atoms with Gasteiger partial charge < -0.3 is 5.11 Å². The minimum absolute atomic E-state index is 0.0745. The molecule has 1 atom stereocenters. The van der Waals surface area contributed by atoms with Crippen LogP contribution in [-0.4, -0.2) is 25.5 Å². The van der Waals surface area contributed by atoms with E-state index in [9.17, 15) is 37.1 Å². The Bertz CT molecular complexity index is 1080. The average molecular weight is 469 g/mol. The summed E-state index contributed by atoms with van der Waals surface area (Å²) in [6.07, 6.45) is -3.32. The summed E-state index contributed by atoms with van der Waals surface area (Å²) in [5, 5.41) is 8.30. The number of nitrogens with zero attached hydrogens (tertiary/aromatic N) is 2. The van der Waals surface area contributed by atoms with Gasteiger partial charge >= 0.3 is 17.8 Å².